The Morgan fingerprint density at radius 1 is 1.18 bits per heavy atom. The first-order valence-corrected chi connectivity index (χ1v) is 9.43. The summed E-state index contributed by atoms with van der Waals surface area (Å²) in [6.07, 6.45) is 0. The molecule has 0 saturated heterocycles. The monoisotopic (exact) mass is 521 g/mol. The van der Waals surface area contributed by atoms with Gasteiger partial charge in [0.15, 0.2) is 6.61 Å². The van der Waals surface area contributed by atoms with Crippen LogP contribution in [-0.2, 0) is 19.4 Å². The smallest absolute Gasteiger partial charge is 0.322 e. The Morgan fingerprint density at radius 3 is 2.18 bits per heavy atom. The van der Waals surface area contributed by atoms with Crippen LogP contribution >= 0.6 is 47.8 Å². The van der Waals surface area contributed by atoms with Crippen molar-refractivity contribution in [2.75, 3.05) is 13.2 Å². The average Bonchev–Trinajstić information content (AvgIpc) is 2.42. The van der Waals surface area contributed by atoms with Crippen LogP contribution < -0.4 is 10.1 Å². The second-order valence-electron chi connectivity index (χ2n) is 3.88. The molecule has 11 heteroatoms. The molecular formula is C11H10Br3NO6S. The van der Waals surface area contributed by atoms with E-state index in [1.54, 1.807) is 0 Å². The fraction of sp³-hybridized carbons (Fsp3) is 0.273. The molecule has 0 radical (unpaired) electrons. The number of carbonyl (C=O) groups excluding carboxylic acids is 1. The van der Waals surface area contributed by atoms with Crippen molar-refractivity contribution in [3.8, 4) is 5.75 Å². The predicted octanol–water partition coefficient (Wildman–Crippen LogP) is 1.84. The average molecular weight is 524 g/mol. The highest BCUT2D eigenvalue weighted by Crippen LogP contribution is 2.43. The first-order valence-electron chi connectivity index (χ1n) is 5.57. The predicted molar refractivity (Wildman–Crippen MR) is 89.3 cm³/mol. The van der Waals surface area contributed by atoms with Crippen molar-refractivity contribution >= 4 is 69.5 Å². The summed E-state index contributed by atoms with van der Waals surface area (Å²) in [6.45, 7) is -0.873. The topological polar surface area (TPSA) is 110 Å². The van der Waals surface area contributed by atoms with E-state index in [0.717, 1.165) is 0 Å². The van der Waals surface area contributed by atoms with Crippen molar-refractivity contribution in [2.45, 2.75) is 6.37 Å². The normalized spacial score (nSPS) is 11.8. The molecule has 1 amide bonds. The third-order valence-corrected chi connectivity index (χ3v) is 7.58. The van der Waals surface area contributed by atoms with Crippen LogP contribution in [0.4, 0.5) is 0 Å². The van der Waals surface area contributed by atoms with Crippen LogP contribution in [0.3, 0.4) is 0 Å². The molecule has 2 N–H and O–H groups in total. The van der Waals surface area contributed by atoms with Gasteiger partial charge in [-0.15, -0.1) is 0 Å². The number of benzene rings is 1. The van der Waals surface area contributed by atoms with Crippen molar-refractivity contribution in [3.63, 3.8) is 0 Å². The SMILES string of the molecule is O=C(O)CNC(=O)COc1ccc(S(=O)(=O)C(Br)(Br)Br)cc1. The molecule has 1 aromatic carbocycles. The Hall–Kier alpha value is -0.650. The molecule has 0 aliphatic rings. The molecule has 0 aromatic heterocycles. The minimum absolute atomic E-state index is 0.0285. The van der Waals surface area contributed by atoms with Gasteiger partial charge < -0.3 is 15.2 Å². The van der Waals surface area contributed by atoms with Gasteiger partial charge in [-0.3, -0.25) is 9.59 Å². The zero-order valence-electron chi connectivity index (χ0n) is 10.8. The van der Waals surface area contributed by atoms with Gasteiger partial charge in [0, 0.05) is 0 Å². The molecule has 0 heterocycles. The standard InChI is InChI=1S/C11H10Br3NO6S/c12-11(13,14)22(19,20)8-3-1-7(2-4-8)21-6-9(16)15-5-10(17)18/h1-4H,5-6H2,(H,15,16)(H,17,18). The van der Waals surface area contributed by atoms with Gasteiger partial charge in [-0.25, -0.2) is 8.42 Å². The molecule has 0 saturated carbocycles. The van der Waals surface area contributed by atoms with Gasteiger partial charge in [0.2, 0.25) is 11.3 Å². The Kier molecular flexibility index (Phi) is 6.84. The highest BCUT2D eigenvalue weighted by atomic mass is 80.0. The highest BCUT2D eigenvalue weighted by Gasteiger charge is 2.37. The third-order valence-electron chi connectivity index (χ3n) is 2.25. The Balaban J connectivity index is 2.67. The molecular weight excluding hydrogens is 514 g/mol. The zero-order valence-corrected chi connectivity index (χ0v) is 16.3. The molecule has 0 fully saturated rings. The number of hydrogen-bond donors (Lipinski definition) is 2. The van der Waals surface area contributed by atoms with Gasteiger partial charge >= 0.3 is 5.97 Å². The third kappa shape index (κ3) is 5.52. The molecule has 122 valence electrons. The number of carboxylic acid groups (broad SMARTS) is 1. The first kappa shape index (κ1) is 19.4. The lowest BCUT2D eigenvalue weighted by Gasteiger charge is -2.14. The van der Waals surface area contributed by atoms with E-state index in [9.17, 15) is 18.0 Å². The van der Waals surface area contributed by atoms with Crippen molar-refractivity contribution in [1.29, 1.82) is 0 Å². The molecule has 0 spiro atoms. The number of ether oxygens (including phenoxy) is 1. The molecule has 0 aliphatic heterocycles. The Bertz CT molecular complexity index is 653. The van der Waals surface area contributed by atoms with Crippen molar-refractivity contribution in [2.24, 2.45) is 0 Å². The molecule has 0 aliphatic carbocycles. The number of amides is 1. The van der Waals surface area contributed by atoms with Crippen LogP contribution in [0.1, 0.15) is 0 Å². The number of aliphatic carboxylic acids is 1. The zero-order chi connectivity index (χ0) is 17.0. The number of nitrogens with one attached hydrogen (secondary N) is 1. The molecule has 0 unspecified atom stereocenters. The van der Waals surface area contributed by atoms with Gasteiger partial charge in [-0.05, 0) is 72.1 Å². The maximum Gasteiger partial charge on any atom is 0.322 e. The fourth-order valence-corrected chi connectivity index (χ4v) is 3.67. The minimum atomic E-state index is -3.69. The Labute approximate surface area is 151 Å². The van der Waals surface area contributed by atoms with E-state index in [0.29, 0.717) is 0 Å². The van der Waals surface area contributed by atoms with Crippen LogP contribution in [0.5, 0.6) is 5.75 Å². The maximum absolute atomic E-state index is 12.1. The van der Waals surface area contributed by atoms with Gasteiger partial charge in [0.1, 0.15) is 12.3 Å². The Morgan fingerprint density at radius 2 is 1.73 bits per heavy atom. The van der Waals surface area contributed by atoms with Gasteiger partial charge in [-0.2, -0.15) is 0 Å². The molecule has 22 heavy (non-hydrogen) atoms. The first-order chi connectivity index (χ1) is 10.0. The minimum Gasteiger partial charge on any atom is -0.484 e. The maximum atomic E-state index is 12.1. The van der Waals surface area contributed by atoms with E-state index >= 15 is 0 Å². The number of rotatable bonds is 6. The number of carboxylic acids is 1. The second kappa shape index (κ2) is 7.75. The summed E-state index contributed by atoms with van der Waals surface area (Å²) < 4.78 is 27.8. The van der Waals surface area contributed by atoms with E-state index in [2.05, 4.69) is 53.1 Å². The summed E-state index contributed by atoms with van der Waals surface area (Å²) in [4.78, 5) is 21.6. The van der Waals surface area contributed by atoms with E-state index in [4.69, 9.17) is 9.84 Å². The summed E-state index contributed by atoms with van der Waals surface area (Å²) in [5, 5.41) is 10.5. The molecule has 1 aromatic rings. The number of hydrogen-bond acceptors (Lipinski definition) is 5. The quantitative estimate of drug-likeness (QED) is 0.551. The van der Waals surface area contributed by atoms with Crippen LogP contribution in [0, 0.1) is 0 Å². The summed E-state index contributed by atoms with van der Waals surface area (Å²) in [6, 6.07) is 5.41. The summed E-state index contributed by atoms with van der Waals surface area (Å²) in [5.41, 5.74) is 0. The van der Waals surface area contributed by atoms with E-state index in [1.165, 1.54) is 24.3 Å². The number of alkyl halides is 3. The molecule has 7 nitrogen and oxygen atoms in total. The van der Waals surface area contributed by atoms with Crippen LogP contribution in [0.2, 0.25) is 0 Å². The number of carbonyl (C=O) groups is 2. The largest absolute Gasteiger partial charge is 0.484 e. The van der Waals surface area contributed by atoms with Gasteiger partial charge in [0.25, 0.3) is 5.91 Å². The summed E-state index contributed by atoms with van der Waals surface area (Å²) >= 11 is 8.84. The summed E-state index contributed by atoms with van der Waals surface area (Å²) in [7, 11) is -3.69. The van der Waals surface area contributed by atoms with Crippen molar-refractivity contribution in [3.05, 3.63) is 24.3 Å². The molecule has 0 bridgehead atoms. The van der Waals surface area contributed by atoms with Crippen LogP contribution in [0.25, 0.3) is 0 Å². The molecule has 1 rings (SSSR count). The highest BCUT2D eigenvalue weighted by molar-refractivity contribution is 9.42. The van der Waals surface area contributed by atoms with Gasteiger partial charge in [-0.1, -0.05) is 0 Å². The lowest BCUT2D eigenvalue weighted by atomic mass is 10.3. The molecule has 0 atom stereocenters. The van der Waals surface area contributed by atoms with E-state index < -0.39 is 29.7 Å². The summed E-state index contributed by atoms with van der Waals surface area (Å²) in [5.74, 6) is -1.49. The van der Waals surface area contributed by atoms with Crippen molar-refractivity contribution in [1.82, 2.24) is 5.32 Å². The lowest BCUT2D eigenvalue weighted by molar-refractivity contribution is -0.138. The second-order valence-corrected chi connectivity index (χ2v) is 14.3. The van der Waals surface area contributed by atoms with E-state index in [-0.39, 0.29) is 17.3 Å². The van der Waals surface area contributed by atoms with Gasteiger partial charge in [0.05, 0.1) is 4.90 Å². The van der Waals surface area contributed by atoms with Crippen molar-refractivity contribution < 1.29 is 27.9 Å². The van der Waals surface area contributed by atoms with E-state index in [1.807, 2.05) is 0 Å². The fourth-order valence-electron chi connectivity index (χ4n) is 1.22. The van der Waals surface area contributed by atoms with Crippen LogP contribution in [-0.4, -0.2) is 40.0 Å². The van der Waals surface area contributed by atoms with Crippen LogP contribution in [0.15, 0.2) is 29.2 Å². The number of halogens is 3. The lowest BCUT2D eigenvalue weighted by Crippen LogP contribution is -2.33. The number of sulfone groups is 1.